The van der Waals surface area contributed by atoms with Crippen LogP contribution in [0.4, 0.5) is 13.2 Å². The van der Waals surface area contributed by atoms with Gasteiger partial charge in [0, 0.05) is 5.56 Å². The molecule has 0 saturated carbocycles. The number of carbonyl (C=O) groups is 1. The summed E-state index contributed by atoms with van der Waals surface area (Å²) < 4.78 is 44.1. The highest BCUT2D eigenvalue weighted by Gasteiger charge is 2.32. The van der Waals surface area contributed by atoms with E-state index in [4.69, 9.17) is 0 Å². The monoisotopic (exact) mass is 234 g/mol. The van der Waals surface area contributed by atoms with Gasteiger partial charge in [0.2, 0.25) is 0 Å². The van der Waals surface area contributed by atoms with E-state index in [9.17, 15) is 18.0 Å². The predicted molar refractivity (Wildman–Crippen MR) is 48.8 cm³/mol. The number of hydrogen-bond donors (Lipinski definition) is 0. The molecule has 0 radical (unpaired) electrons. The number of methoxy groups -OCH3 is 1. The first kappa shape index (κ1) is 12.4. The SMILES string of the molecule is COC(=O)Cc1ccccc1OC(F)(F)F. The van der Waals surface area contributed by atoms with E-state index in [1.165, 1.54) is 18.2 Å². The van der Waals surface area contributed by atoms with Gasteiger partial charge in [0.05, 0.1) is 13.5 Å². The van der Waals surface area contributed by atoms with E-state index >= 15 is 0 Å². The maximum absolute atomic E-state index is 12.0. The summed E-state index contributed by atoms with van der Waals surface area (Å²) in [5, 5.41) is 0. The number of para-hydroxylation sites is 1. The van der Waals surface area contributed by atoms with Crippen molar-refractivity contribution in [2.75, 3.05) is 7.11 Å². The minimum absolute atomic E-state index is 0.131. The van der Waals surface area contributed by atoms with E-state index in [2.05, 4.69) is 9.47 Å². The third kappa shape index (κ3) is 3.80. The van der Waals surface area contributed by atoms with Gasteiger partial charge in [-0.05, 0) is 6.07 Å². The second kappa shape index (κ2) is 4.87. The molecule has 0 aromatic heterocycles. The van der Waals surface area contributed by atoms with Gasteiger partial charge in [0.25, 0.3) is 0 Å². The average molecular weight is 234 g/mol. The van der Waals surface area contributed by atoms with Crippen molar-refractivity contribution < 1.29 is 27.4 Å². The van der Waals surface area contributed by atoms with Gasteiger partial charge in [0.1, 0.15) is 5.75 Å². The molecule has 0 amide bonds. The van der Waals surface area contributed by atoms with Crippen LogP contribution in [0.2, 0.25) is 0 Å². The Hall–Kier alpha value is -1.72. The average Bonchev–Trinajstić information content (AvgIpc) is 2.18. The normalized spacial score (nSPS) is 11.0. The van der Waals surface area contributed by atoms with Crippen LogP contribution < -0.4 is 4.74 Å². The van der Waals surface area contributed by atoms with Crippen molar-refractivity contribution in [1.29, 1.82) is 0 Å². The molecule has 1 aromatic carbocycles. The first-order chi connectivity index (χ1) is 7.42. The number of ether oxygens (including phenoxy) is 2. The van der Waals surface area contributed by atoms with Crippen LogP contribution in [0.3, 0.4) is 0 Å². The zero-order valence-corrected chi connectivity index (χ0v) is 8.38. The van der Waals surface area contributed by atoms with Crippen molar-refractivity contribution in [2.45, 2.75) is 12.8 Å². The molecule has 0 atom stereocenters. The number of hydrogen-bond acceptors (Lipinski definition) is 3. The molecule has 3 nitrogen and oxygen atoms in total. The van der Waals surface area contributed by atoms with Crippen molar-refractivity contribution in [1.82, 2.24) is 0 Å². The standard InChI is InChI=1S/C10H9F3O3/c1-15-9(14)6-7-4-2-3-5-8(7)16-10(11,12)13/h2-5H,6H2,1H3. The fraction of sp³-hybridized carbons (Fsp3) is 0.300. The molecule has 1 rings (SSSR count). The fourth-order valence-corrected chi connectivity index (χ4v) is 1.10. The highest BCUT2D eigenvalue weighted by atomic mass is 19.4. The summed E-state index contributed by atoms with van der Waals surface area (Å²) in [5.74, 6) is -1.02. The summed E-state index contributed by atoms with van der Waals surface area (Å²) in [6.45, 7) is 0. The molecular weight excluding hydrogens is 225 g/mol. The van der Waals surface area contributed by atoms with Crippen LogP contribution in [0.1, 0.15) is 5.56 Å². The van der Waals surface area contributed by atoms with Crippen molar-refractivity contribution >= 4 is 5.97 Å². The Kier molecular flexibility index (Phi) is 3.76. The van der Waals surface area contributed by atoms with Gasteiger partial charge in [-0.15, -0.1) is 13.2 Å². The fourth-order valence-electron chi connectivity index (χ4n) is 1.10. The van der Waals surface area contributed by atoms with Crippen LogP contribution in [0, 0.1) is 0 Å². The molecule has 1 aromatic rings. The second-order valence-electron chi connectivity index (χ2n) is 2.91. The zero-order valence-electron chi connectivity index (χ0n) is 8.38. The Labute approximate surface area is 89.8 Å². The Morgan fingerprint density at radius 1 is 1.31 bits per heavy atom. The summed E-state index contributed by atoms with van der Waals surface area (Å²) in [5.41, 5.74) is 0.131. The molecule has 0 saturated heterocycles. The zero-order chi connectivity index (χ0) is 12.2. The van der Waals surface area contributed by atoms with Crippen molar-refractivity contribution in [2.24, 2.45) is 0 Å². The van der Waals surface area contributed by atoms with Crippen molar-refractivity contribution in [3.05, 3.63) is 29.8 Å². The summed E-state index contributed by atoms with van der Waals surface area (Å²) in [7, 11) is 1.16. The van der Waals surface area contributed by atoms with E-state index < -0.39 is 12.3 Å². The van der Waals surface area contributed by atoms with Crippen LogP contribution in [0.5, 0.6) is 5.75 Å². The maximum atomic E-state index is 12.0. The van der Waals surface area contributed by atoms with Gasteiger partial charge < -0.3 is 9.47 Å². The summed E-state index contributed by atoms with van der Waals surface area (Å²) in [6, 6.07) is 5.42. The minimum Gasteiger partial charge on any atom is -0.469 e. The first-order valence-electron chi connectivity index (χ1n) is 4.33. The molecule has 0 N–H and O–H groups in total. The second-order valence-corrected chi connectivity index (χ2v) is 2.91. The van der Waals surface area contributed by atoms with Gasteiger partial charge >= 0.3 is 12.3 Å². The number of halogens is 3. The van der Waals surface area contributed by atoms with E-state index in [0.717, 1.165) is 13.2 Å². The van der Waals surface area contributed by atoms with E-state index in [1.54, 1.807) is 0 Å². The first-order valence-corrected chi connectivity index (χ1v) is 4.33. The lowest BCUT2D eigenvalue weighted by Crippen LogP contribution is -2.18. The van der Waals surface area contributed by atoms with Crippen molar-refractivity contribution in [3.63, 3.8) is 0 Å². The Morgan fingerprint density at radius 3 is 2.50 bits per heavy atom. The van der Waals surface area contributed by atoms with Gasteiger partial charge in [-0.25, -0.2) is 0 Å². The Morgan fingerprint density at radius 2 is 1.94 bits per heavy atom. The third-order valence-electron chi connectivity index (χ3n) is 1.76. The number of benzene rings is 1. The lowest BCUT2D eigenvalue weighted by Gasteiger charge is -2.12. The summed E-state index contributed by atoms with van der Waals surface area (Å²) in [6.07, 6.45) is -5.03. The number of rotatable bonds is 3. The highest BCUT2D eigenvalue weighted by molar-refractivity contribution is 5.73. The molecule has 0 aliphatic rings. The molecule has 0 heterocycles. The highest BCUT2D eigenvalue weighted by Crippen LogP contribution is 2.26. The molecule has 0 fully saturated rings. The number of alkyl halides is 3. The third-order valence-corrected chi connectivity index (χ3v) is 1.76. The van der Waals surface area contributed by atoms with Crippen LogP contribution in [-0.2, 0) is 16.0 Å². The Balaban J connectivity index is 2.87. The molecule has 6 heteroatoms. The van der Waals surface area contributed by atoms with E-state index in [1.807, 2.05) is 0 Å². The van der Waals surface area contributed by atoms with Crippen LogP contribution in [-0.4, -0.2) is 19.4 Å². The number of esters is 1. The Bertz CT molecular complexity index is 374. The molecule has 16 heavy (non-hydrogen) atoms. The molecule has 88 valence electrons. The maximum Gasteiger partial charge on any atom is 0.573 e. The smallest absolute Gasteiger partial charge is 0.469 e. The van der Waals surface area contributed by atoms with Crippen molar-refractivity contribution in [3.8, 4) is 5.75 Å². The van der Waals surface area contributed by atoms with Crippen LogP contribution in [0.25, 0.3) is 0 Å². The predicted octanol–water partition coefficient (Wildman–Crippen LogP) is 2.30. The molecule has 0 unspecified atom stereocenters. The topological polar surface area (TPSA) is 35.5 Å². The molecular formula is C10H9F3O3. The summed E-state index contributed by atoms with van der Waals surface area (Å²) >= 11 is 0. The van der Waals surface area contributed by atoms with Gasteiger partial charge in [-0.3, -0.25) is 4.79 Å². The van der Waals surface area contributed by atoms with Crippen LogP contribution in [0.15, 0.2) is 24.3 Å². The molecule has 0 bridgehead atoms. The molecule has 0 spiro atoms. The molecule has 0 aliphatic heterocycles. The quantitative estimate of drug-likeness (QED) is 0.753. The van der Waals surface area contributed by atoms with Gasteiger partial charge in [-0.2, -0.15) is 0 Å². The van der Waals surface area contributed by atoms with E-state index in [-0.39, 0.29) is 17.7 Å². The lowest BCUT2D eigenvalue weighted by molar-refractivity contribution is -0.274. The van der Waals surface area contributed by atoms with E-state index in [0.29, 0.717) is 0 Å². The largest absolute Gasteiger partial charge is 0.573 e. The summed E-state index contributed by atoms with van der Waals surface area (Å²) in [4.78, 5) is 10.9. The van der Waals surface area contributed by atoms with Gasteiger partial charge in [0.15, 0.2) is 0 Å². The van der Waals surface area contributed by atoms with Gasteiger partial charge in [-0.1, -0.05) is 18.2 Å². The minimum atomic E-state index is -4.77. The molecule has 0 aliphatic carbocycles. The van der Waals surface area contributed by atoms with Crippen LogP contribution >= 0.6 is 0 Å². The lowest BCUT2D eigenvalue weighted by atomic mass is 10.1. The number of carbonyl (C=O) groups excluding carboxylic acids is 1.